The van der Waals surface area contributed by atoms with Gasteiger partial charge in [0.1, 0.15) is 6.10 Å². The summed E-state index contributed by atoms with van der Waals surface area (Å²) in [7, 11) is 0. The fraction of sp³-hybridized carbons (Fsp3) is 0.833. The Hall–Kier alpha value is -0.330. The average Bonchev–Trinajstić information content (AvgIpc) is 3.07. The fourth-order valence-electron chi connectivity index (χ4n) is 2.72. The minimum Gasteiger partial charge on any atom is -0.470 e. The van der Waals surface area contributed by atoms with E-state index in [0.717, 1.165) is 29.1 Å². The van der Waals surface area contributed by atoms with E-state index in [1.165, 1.54) is 37.4 Å². The first-order chi connectivity index (χ1) is 8.86. The molecule has 18 heavy (non-hydrogen) atoms. The normalized spacial score (nSPS) is 29.9. The maximum Gasteiger partial charge on any atom is 0.260 e. The Morgan fingerprint density at radius 2 is 2.39 bits per heavy atom. The smallest absolute Gasteiger partial charge is 0.260 e. The van der Waals surface area contributed by atoms with Crippen LogP contribution in [-0.2, 0) is 0 Å². The Balaban J connectivity index is 1.57. The molecule has 3 atom stereocenters. The van der Waals surface area contributed by atoms with E-state index in [-0.39, 0.29) is 0 Å². The minimum absolute atomic E-state index is 0.304. The van der Waals surface area contributed by atoms with Crippen LogP contribution < -0.4 is 10.1 Å². The first-order valence-electron chi connectivity index (χ1n) is 6.72. The van der Waals surface area contributed by atoms with Gasteiger partial charge in [-0.3, -0.25) is 0 Å². The highest BCUT2D eigenvalue weighted by atomic mass is 32.2. The number of ether oxygens (including phenoxy) is 1. The molecule has 0 amide bonds. The molecule has 0 radical (unpaired) electrons. The number of nitrogens with one attached hydrogen (secondary N) is 1. The van der Waals surface area contributed by atoms with Gasteiger partial charge in [0.25, 0.3) is 5.88 Å². The molecule has 3 rings (SSSR count). The molecule has 2 aliphatic rings. The zero-order valence-corrected chi connectivity index (χ0v) is 12.2. The van der Waals surface area contributed by atoms with Crippen molar-refractivity contribution in [2.45, 2.75) is 49.8 Å². The predicted octanol–water partition coefficient (Wildman–Crippen LogP) is 2.56. The molecule has 2 heterocycles. The van der Waals surface area contributed by atoms with Crippen molar-refractivity contribution in [2.24, 2.45) is 5.92 Å². The second kappa shape index (κ2) is 5.75. The van der Waals surface area contributed by atoms with Crippen LogP contribution in [0.3, 0.4) is 0 Å². The van der Waals surface area contributed by atoms with Crippen molar-refractivity contribution < 1.29 is 4.74 Å². The minimum atomic E-state index is 0.304. The van der Waals surface area contributed by atoms with Crippen LogP contribution in [0.5, 0.6) is 5.88 Å². The van der Waals surface area contributed by atoms with Gasteiger partial charge in [-0.1, -0.05) is 25.1 Å². The summed E-state index contributed by atoms with van der Waals surface area (Å²) in [6.45, 7) is 3.37. The Labute approximate surface area is 116 Å². The second-order valence-electron chi connectivity index (χ2n) is 5.09. The monoisotopic (exact) mass is 285 g/mol. The van der Waals surface area contributed by atoms with Gasteiger partial charge in [0.05, 0.1) is 11.7 Å². The predicted molar refractivity (Wildman–Crippen MR) is 74.5 cm³/mol. The molecule has 1 saturated carbocycles. The summed E-state index contributed by atoms with van der Waals surface area (Å²) in [4.78, 5) is 0. The lowest BCUT2D eigenvalue weighted by molar-refractivity contribution is 0.149. The third kappa shape index (κ3) is 2.65. The molecule has 1 aromatic heterocycles. The molecule has 2 bridgehead atoms. The molecule has 100 valence electrons. The lowest BCUT2D eigenvalue weighted by atomic mass is 10.1. The highest BCUT2D eigenvalue weighted by Crippen LogP contribution is 2.36. The number of nitrogens with zero attached hydrogens (tertiary/aromatic N) is 2. The molecule has 1 saturated heterocycles. The Kier molecular flexibility index (Phi) is 4.06. The van der Waals surface area contributed by atoms with Crippen LogP contribution in [-0.4, -0.2) is 33.2 Å². The lowest BCUT2D eigenvalue weighted by Crippen LogP contribution is -2.40. The Morgan fingerprint density at radius 1 is 1.44 bits per heavy atom. The average molecular weight is 285 g/mol. The van der Waals surface area contributed by atoms with E-state index in [0.29, 0.717) is 12.1 Å². The number of thioether (sulfide) groups is 1. The Bertz CT molecular complexity index is 398. The van der Waals surface area contributed by atoms with Crippen molar-refractivity contribution >= 4 is 23.5 Å². The van der Waals surface area contributed by atoms with Crippen LogP contribution in [0.4, 0.5) is 0 Å². The number of rotatable bonds is 6. The summed E-state index contributed by atoms with van der Waals surface area (Å²) in [5, 5.41) is 4.50. The number of hydrogen-bond donors (Lipinski definition) is 1. The fourth-order valence-corrected chi connectivity index (χ4v) is 4.33. The molecular weight excluding hydrogens is 266 g/mol. The molecule has 1 aliphatic heterocycles. The largest absolute Gasteiger partial charge is 0.470 e. The van der Waals surface area contributed by atoms with Crippen LogP contribution in [0.15, 0.2) is 5.03 Å². The van der Waals surface area contributed by atoms with Crippen molar-refractivity contribution in [1.82, 2.24) is 14.1 Å². The molecule has 1 aromatic rings. The van der Waals surface area contributed by atoms with Gasteiger partial charge in [-0.25, -0.2) is 0 Å². The topological polar surface area (TPSA) is 47.0 Å². The van der Waals surface area contributed by atoms with Crippen molar-refractivity contribution in [2.75, 3.05) is 12.3 Å². The molecule has 1 aliphatic carbocycles. The lowest BCUT2D eigenvalue weighted by Gasteiger charge is -2.23. The first-order valence-corrected chi connectivity index (χ1v) is 8.43. The van der Waals surface area contributed by atoms with Crippen LogP contribution >= 0.6 is 23.5 Å². The van der Waals surface area contributed by atoms with E-state index >= 15 is 0 Å². The van der Waals surface area contributed by atoms with Gasteiger partial charge in [-0.05, 0) is 37.5 Å². The molecule has 3 unspecified atom stereocenters. The van der Waals surface area contributed by atoms with Crippen LogP contribution in [0.25, 0.3) is 0 Å². The number of hydrogen-bond acceptors (Lipinski definition) is 6. The molecule has 0 aromatic carbocycles. The molecule has 4 nitrogen and oxygen atoms in total. The number of unbranched alkanes of at least 4 members (excludes halogenated alkanes) is 1. The zero-order chi connectivity index (χ0) is 12.4. The number of fused-ring (bicyclic) bond motifs is 2. The number of piperidine rings is 1. The van der Waals surface area contributed by atoms with Crippen molar-refractivity contribution in [1.29, 1.82) is 0 Å². The number of aromatic nitrogens is 2. The molecular formula is C12H19N3OS2. The molecule has 6 heteroatoms. The van der Waals surface area contributed by atoms with E-state index in [1.54, 1.807) is 11.8 Å². The van der Waals surface area contributed by atoms with Gasteiger partial charge in [-0.2, -0.15) is 4.37 Å². The van der Waals surface area contributed by atoms with Gasteiger partial charge in [-0.15, -0.1) is 4.37 Å². The van der Waals surface area contributed by atoms with Gasteiger partial charge in [0.2, 0.25) is 0 Å². The van der Waals surface area contributed by atoms with Crippen molar-refractivity contribution in [3.8, 4) is 5.88 Å². The third-order valence-corrected chi connectivity index (χ3v) is 5.36. The van der Waals surface area contributed by atoms with Crippen LogP contribution in [0.2, 0.25) is 0 Å². The summed E-state index contributed by atoms with van der Waals surface area (Å²) < 4.78 is 14.7. The van der Waals surface area contributed by atoms with Gasteiger partial charge in [0.15, 0.2) is 5.03 Å². The van der Waals surface area contributed by atoms with Gasteiger partial charge >= 0.3 is 0 Å². The maximum absolute atomic E-state index is 6.06. The third-order valence-electron chi connectivity index (χ3n) is 3.70. The van der Waals surface area contributed by atoms with E-state index in [1.807, 2.05) is 0 Å². The van der Waals surface area contributed by atoms with Gasteiger partial charge in [0, 0.05) is 6.04 Å². The Morgan fingerprint density at radius 3 is 3.11 bits per heavy atom. The summed E-state index contributed by atoms with van der Waals surface area (Å²) >= 11 is 3.03. The summed E-state index contributed by atoms with van der Waals surface area (Å²) in [6, 6.07) is 0.533. The quantitative estimate of drug-likeness (QED) is 0.643. The van der Waals surface area contributed by atoms with Gasteiger partial charge < -0.3 is 10.1 Å². The van der Waals surface area contributed by atoms with E-state index in [2.05, 4.69) is 21.0 Å². The van der Waals surface area contributed by atoms with Crippen LogP contribution in [0.1, 0.15) is 32.6 Å². The maximum atomic E-state index is 6.06. The highest BCUT2D eigenvalue weighted by molar-refractivity contribution is 7.99. The molecule has 1 N–H and O–H groups in total. The van der Waals surface area contributed by atoms with E-state index < -0.39 is 0 Å². The standard InChI is InChI=1S/C12H19N3OS2/c1-2-3-4-17-12-11(14-18-15-12)16-10-6-8-5-9(10)13-7-8/h8-10,13H,2-7H2,1H3. The van der Waals surface area contributed by atoms with E-state index in [9.17, 15) is 0 Å². The van der Waals surface area contributed by atoms with Crippen molar-refractivity contribution in [3.63, 3.8) is 0 Å². The molecule has 0 spiro atoms. The summed E-state index contributed by atoms with van der Waals surface area (Å²) in [5.41, 5.74) is 0. The summed E-state index contributed by atoms with van der Waals surface area (Å²) in [5.74, 6) is 2.68. The first kappa shape index (κ1) is 12.7. The zero-order valence-electron chi connectivity index (χ0n) is 10.6. The second-order valence-corrected chi connectivity index (χ2v) is 6.70. The van der Waals surface area contributed by atoms with Crippen LogP contribution in [0, 0.1) is 5.92 Å². The SMILES string of the molecule is CCCCSc1nsnc1OC1CC2CNC1C2. The van der Waals surface area contributed by atoms with E-state index in [4.69, 9.17) is 4.74 Å². The van der Waals surface area contributed by atoms with Crippen molar-refractivity contribution in [3.05, 3.63) is 0 Å². The highest BCUT2D eigenvalue weighted by Gasteiger charge is 2.41. The summed E-state index contributed by atoms with van der Waals surface area (Å²) in [6.07, 6.45) is 5.18. The molecule has 2 fully saturated rings.